The molecule has 182 valence electrons. The number of rotatable bonds is 6. The lowest BCUT2D eigenvalue weighted by Gasteiger charge is -2.29. The number of H-pyrrole nitrogens is 1. The lowest BCUT2D eigenvalue weighted by molar-refractivity contribution is 0.130. The Labute approximate surface area is 211 Å². The van der Waals surface area contributed by atoms with E-state index in [0.717, 1.165) is 34.5 Å². The Morgan fingerprint density at radius 2 is 2.03 bits per heavy atom. The molecule has 0 spiro atoms. The molecule has 1 amide bonds. The van der Waals surface area contributed by atoms with Crippen LogP contribution >= 0.6 is 11.6 Å². The highest BCUT2D eigenvalue weighted by molar-refractivity contribution is 6.30. The Hall–Kier alpha value is -3.51. The third-order valence-electron chi connectivity index (χ3n) is 6.46. The second-order valence-corrected chi connectivity index (χ2v) is 9.24. The molecule has 1 aliphatic heterocycles. The first-order valence-corrected chi connectivity index (χ1v) is 12.0. The number of fused-ring (bicyclic) bond motifs is 3. The molecule has 5 rings (SSSR count). The molecule has 1 N–H and O–H groups in total. The molecule has 0 radical (unpaired) electrons. The summed E-state index contributed by atoms with van der Waals surface area (Å²) >= 11 is 5.15. The summed E-state index contributed by atoms with van der Waals surface area (Å²) < 4.78 is 11.4. The van der Waals surface area contributed by atoms with E-state index in [1.165, 1.54) is 17.2 Å². The van der Waals surface area contributed by atoms with Crippen LogP contribution in [0.4, 0.5) is 10.5 Å². The normalized spacial score (nSPS) is 17.3. The maximum atomic E-state index is 12.9. The Bertz CT molecular complexity index is 1220. The number of amides is 1. The maximum Gasteiger partial charge on any atom is 0.414 e. The number of carbonyl (C=O) groups excluding carboxylic acids is 1. The number of aromatic amines is 1. The molecular formula is C28H30ClN3O3. The zero-order chi connectivity index (χ0) is 24.9. The minimum Gasteiger partial charge on any atom is -0.490 e. The average Bonchev–Trinajstić information content (AvgIpc) is 3.44. The molecule has 0 bridgehead atoms. The first-order valence-electron chi connectivity index (χ1n) is 11.6. The van der Waals surface area contributed by atoms with E-state index in [-0.39, 0.29) is 12.7 Å². The fourth-order valence-electron chi connectivity index (χ4n) is 4.38. The minimum absolute atomic E-state index is 0.216. The van der Waals surface area contributed by atoms with Crippen molar-refractivity contribution in [2.75, 3.05) is 24.7 Å². The predicted octanol–water partition coefficient (Wildman–Crippen LogP) is 6.76. The Morgan fingerprint density at radius 1 is 1.26 bits per heavy atom. The number of aryl methyl sites for hydroxylation is 1. The van der Waals surface area contributed by atoms with E-state index >= 15 is 0 Å². The number of benzene rings is 2. The summed E-state index contributed by atoms with van der Waals surface area (Å²) in [6.07, 6.45) is 6.02. The van der Waals surface area contributed by atoms with Crippen molar-refractivity contribution in [1.29, 1.82) is 0 Å². The van der Waals surface area contributed by atoms with Crippen molar-refractivity contribution in [3.05, 3.63) is 89.7 Å². The quantitative estimate of drug-likeness (QED) is 0.305. The van der Waals surface area contributed by atoms with Crippen LogP contribution in [0.25, 0.3) is 11.1 Å². The highest BCUT2D eigenvalue weighted by Gasteiger charge is 2.48. The molecule has 35 heavy (non-hydrogen) atoms. The standard InChI is InChI=1S/C24H25N3O3.C4H5Cl/c1-15-5-3-8-22(16(15)2)29-9-10-30-24(28)27-14-17-11-20(17)23-19(6-4-7-21(23)27)18-12-25-26-13-18;1-3-4(2)5/h3-8,12-13,17,20H,9-11,14H2,1-2H3,(H,25,26);3H,1-2H2/t17-,20-;/m0./s1. The van der Waals surface area contributed by atoms with Gasteiger partial charge in [0, 0.05) is 23.3 Å². The molecule has 1 saturated carbocycles. The first kappa shape index (κ1) is 24.6. The molecule has 6 nitrogen and oxygen atoms in total. The number of nitrogens with zero attached hydrogens (tertiary/aromatic N) is 2. The highest BCUT2D eigenvalue weighted by Crippen LogP contribution is 2.57. The van der Waals surface area contributed by atoms with Gasteiger partial charge in [-0.3, -0.25) is 10.00 Å². The van der Waals surface area contributed by atoms with Gasteiger partial charge in [0.1, 0.15) is 19.0 Å². The van der Waals surface area contributed by atoms with Crippen LogP contribution in [0.15, 0.2) is 73.1 Å². The van der Waals surface area contributed by atoms with E-state index < -0.39 is 0 Å². The highest BCUT2D eigenvalue weighted by atomic mass is 35.5. The van der Waals surface area contributed by atoms with Crippen molar-refractivity contribution >= 4 is 23.4 Å². The molecule has 2 heterocycles. The van der Waals surface area contributed by atoms with Crippen LogP contribution in [0.5, 0.6) is 5.75 Å². The number of nitrogens with one attached hydrogen (secondary N) is 1. The Morgan fingerprint density at radius 3 is 2.74 bits per heavy atom. The van der Waals surface area contributed by atoms with Gasteiger partial charge in [-0.1, -0.05) is 55.1 Å². The number of allylic oxidation sites excluding steroid dienone is 2. The third-order valence-corrected chi connectivity index (χ3v) is 6.61. The molecule has 1 aliphatic carbocycles. The van der Waals surface area contributed by atoms with Gasteiger partial charge >= 0.3 is 6.09 Å². The van der Waals surface area contributed by atoms with Crippen LogP contribution in [0, 0.1) is 19.8 Å². The molecule has 0 saturated heterocycles. The number of halogens is 1. The van der Waals surface area contributed by atoms with Crippen LogP contribution < -0.4 is 9.64 Å². The molecule has 1 fully saturated rings. The van der Waals surface area contributed by atoms with Gasteiger partial charge in [-0.25, -0.2) is 4.79 Å². The van der Waals surface area contributed by atoms with E-state index in [2.05, 4.69) is 42.4 Å². The van der Waals surface area contributed by atoms with Crippen LogP contribution in [-0.2, 0) is 4.74 Å². The summed E-state index contributed by atoms with van der Waals surface area (Å²) in [5, 5.41) is 7.46. The summed E-state index contributed by atoms with van der Waals surface area (Å²) in [7, 11) is 0. The van der Waals surface area contributed by atoms with Crippen LogP contribution in [0.3, 0.4) is 0 Å². The zero-order valence-electron chi connectivity index (χ0n) is 20.1. The van der Waals surface area contributed by atoms with Gasteiger partial charge in [-0.05, 0) is 66.5 Å². The van der Waals surface area contributed by atoms with Gasteiger partial charge in [-0.2, -0.15) is 5.10 Å². The summed E-state index contributed by atoms with van der Waals surface area (Å²) in [4.78, 5) is 14.7. The van der Waals surface area contributed by atoms with E-state index in [0.29, 0.717) is 30.0 Å². The van der Waals surface area contributed by atoms with E-state index in [9.17, 15) is 4.79 Å². The van der Waals surface area contributed by atoms with Gasteiger partial charge < -0.3 is 9.47 Å². The van der Waals surface area contributed by atoms with Gasteiger partial charge in [0.2, 0.25) is 0 Å². The van der Waals surface area contributed by atoms with Crippen LogP contribution in [0.1, 0.15) is 29.0 Å². The molecule has 2 aromatic carbocycles. The minimum atomic E-state index is -0.310. The van der Waals surface area contributed by atoms with E-state index in [1.807, 2.05) is 43.6 Å². The van der Waals surface area contributed by atoms with Crippen molar-refractivity contribution in [1.82, 2.24) is 10.2 Å². The van der Waals surface area contributed by atoms with Gasteiger partial charge in [0.15, 0.2) is 0 Å². The predicted molar refractivity (Wildman–Crippen MR) is 140 cm³/mol. The second-order valence-electron chi connectivity index (χ2n) is 8.75. The van der Waals surface area contributed by atoms with Crippen molar-refractivity contribution in [2.45, 2.75) is 26.2 Å². The lowest BCUT2D eigenvalue weighted by Crippen LogP contribution is -2.37. The molecular weight excluding hydrogens is 462 g/mol. The molecule has 2 atom stereocenters. The number of hydrogen-bond acceptors (Lipinski definition) is 4. The van der Waals surface area contributed by atoms with Crippen molar-refractivity contribution in [3.63, 3.8) is 0 Å². The second kappa shape index (κ2) is 10.8. The van der Waals surface area contributed by atoms with Gasteiger partial charge in [0.25, 0.3) is 0 Å². The number of ether oxygens (including phenoxy) is 2. The van der Waals surface area contributed by atoms with Crippen molar-refractivity contribution < 1.29 is 14.3 Å². The van der Waals surface area contributed by atoms with E-state index in [1.54, 1.807) is 4.90 Å². The molecule has 0 unspecified atom stereocenters. The van der Waals surface area contributed by atoms with Gasteiger partial charge in [-0.15, -0.1) is 0 Å². The SMILES string of the molecule is C=CC(=C)Cl.Cc1cccc(OCCOC(=O)N2C[C@@H]3C[C@@H]3c3c(-c4cn[nH]c4)cccc32)c1C. The third kappa shape index (κ3) is 5.60. The number of aromatic nitrogens is 2. The fourth-order valence-corrected chi connectivity index (χ4v) is 4.38. The maximum absolute atomic E-state index is 12.9. The topological polar surface area (TPSA) is 67.5 Å². The Balaban J connectivity index is 0.000000527. The smallest absolute Gasteiger partial charge is 0.414 e. The summed E-state index contributed by atoms with van der Waals surface area (Å²) in [5.74, 6) is 1.85. The first-order chi connectivity index (χ1) is 16.9. The average molecular weight is 492 g/mol. The largest absolute Gasteiger partial charge is 0.490 e. The van der Waals surface area contributed by atoms with Crippen molar-refractivity contribution in [2.24, 2.45) is 5.92 Å². The summed E-state index contributed by atoms with van der Waals surface area (Å²) in [5.41, 5.74) is 6.67. The summed E-state index contributed by atoms with van der Waals surface area (Å²) in [6.45, 7) is 12.0. The Kier molecular flexibility index (Phi) is 7.61. The molecule has 2 aliphatic rings. The monoisotopic (exact) mass is 491 g/mol. The molecule has 7 heteroatoms. The number of anilines is 1. The lowest BCUT2D eigenvalue weighted by atomic mass is 9.93. The van der Waals surface area contributed by atoms with Gasteiger partial charge in [0.05, 0.1) is 11.9 Å². The summed E-state index contributed by atoms with van der Waals surface area (Å²) in [6, 6.07) is 12.1. The number of carbonyl (C=O) groups is 1. The van der Waals surface area contributed by atoms with Crippen molar-refractivity contribution in [3.8, 4) is 16.9 Å². The van der Waals surface area contributed by atoms with E-state index in [4.69, 9.17) is 21.1 Å². The van der Waals surface area contributed by atoms with Crippen LogP contribution in [-0.4, -0.2) is 36.0 Å². The molecule has 1 aromatic heterocycles. The molecule has 3 aromatic rings. The van der Waals surface area contributed by atoms with Crippen LogP contribution in [0.2, 0.25) is 0 Å². The fraction of sp³-hybridized carbons (Fsp3) is 0.286. The zero-order valence-corrected chi connectivity index (χ0v) is 20.8. The number of hydrogen-bond donors (Lipinski definition) is 1.